The molecule has 0 aliphatic carbocycles. The lowest BCUT2D eigenvalue weighted by Crippen LogP contribution is -2.32. The number of benzene rings is 3. The Morgan fingerprint density at radius 1 is 0.917 bits per heavy atom. The first-order valence-electron chi connectivity index (χ1n) is 7.99. The van der Waals surface area contributed by atoms with Crippen molar-refractivity contribution in [2.75, 3.05) is 0 Å². The van der Waals surface area contributed by atoms with Crippen molar-refractivity contribution in [2.24, 2.45) is 4.99 Å². The Labute approximate surface area is 140 Å². The molecule has 3 nitrogen and oxygen atoms in total. The normalized spacial score (nSPS) is 20.0. The second-order valence-electron chi connectivity index (χ2n) is 6.30. The van der Waals surface area contributed by atoms with Gasteiger partial charge in [0, 0.05) is 12.0 Å². The standard InChI is InChI=1S/C21H17NO2/c1-21(14-15-11-12-16-7-5-6-10-18(16)13-15)20(23)24-19(22-21)17-8-3-2-4-9-17/h2-13H,14H2,1H3/t21-/m0/s1. The average Bonchev–Trinajstić information content (AvgIpc) is 2.90. The highest BCUT2D eigenvalue weighted by Gasteiger charge is 2.42. The summed E-state index contributed by atoms with van der Waals surface area (Å²) < 4.78 is 5.43. The largest absolute Gasteiger partial charge is 0.405 e. The van der Waals surface area contributed by atoms with E-state index < -0.39 is 5.54 Å². The molecule has 1 aliphatic rings. The second-order valence-corrected chi connectivity index (χ2v) is 6.30. The summed E-state index contributed by atoms with van der Waals surface area (Å²) in [5.41, 5.74) is 1.02. The molecule has 0 bridgehead atoms. The molecular weight excluding hydrogens is 298 g/mol. The molecule has 0 aromatic heterocycles. The highest BCUT2D eigenvalue weighted by molar-refractivity contribution is 6.07. The number of cyclic esters (lactones) is 1. The van der Waals surface area contributed by atoms with E-state index in [4.69, 9.17) is 4.74 Å². The van der Waals surface area contributed by atoms with Crippen LogP contribution in [0.3, 0.4) is 0 Å². The van der Waals surface area contributed by atoms with Gasteiger partial charge in [-0.2, -0.15) is 0 Å². The highest BCUT2D eigenvalue weighted by Crippen LogP contribution is 2.28. The van der Waals surface area contributed by atoms with Crippen LogP contribution in [0.25, 0.3) is 10.8 Å². The molecule has 118 valence electrons. The number of ether oxygens (including phenoxy) is 1. The van der Waals surface area contributed by atoms with Gasteiger partial charge in [-0.3, -0.25) is 0 Å². The summed E-state index contributed by atoms with van der Waals surface area (Å²) in [5, 5.41) is 2.35. The summed E-state index contributed by atoms with van der Waals surface area (Å²) in [5.74, 6) is 0.110. The van der Waals surface area contributed by atoms with Gasteiger partial charge in [0.2, 0.25) is 5.90 Å². The van der Waals surface area contributed by atoms with Crippen molar-refractivity contribution in [2.45, 2.75) is 18.9 Å². The molecule has 3 aromatic rings. The molecule has 1 heterocycles. The Bertz CT molecular complexity index is 946. The predicted octanol–water partition coefficient (Wildman–Crippen LogP) is 4.14. The molecule has 3 aromatic carbocycles. The van der Waals surface area contributed by atoms with Gasteiger partial charge in [0.15, 0.2) is 5.54 Å². The van der Waals surface area contributed by atoms with Crippen molar-refractivity contribution in [3.63, 3.8) is 0 Å². The first-order valence-corrected chi connectivity index (χ1v) is 7.99. The molecule has 24 heavy (non-hydrogen) atoms. The monoisotopic (exact) mass is 315 g/mol. The lowest BCUT2D eigenvalue weighted by atomic mass is 9.93. The third-order valence-electron chi connectivity index (χ3n) is 4.36. The van der Waals surface area contributed by atoms with E-state index in [1.807, 2.05) is 49.4 Å². The summed E-state index contributed by atoms with van der Waals surface area (Å²) in [6, 6.07) is 24.0. The van der Waals surface area contributed by atoms with Crippen LogP contribution in [0.1, 0.15) is 18.1 Å². The van der Waals surface area contributed by atoms with E-state index in [0.29, 0.717) is 12.3 Å². The van der Waals surface area contributed by atoms with Crippen LogP contribution in [-0.2, 0) is 16.0 Å². The van der Waals surface area contributed by atoms with E-state index in [1.165, 1.54) is 5.39 Å². The molecule has 0 spiro atoms. The Morgan fingerprint density at radius 3 is 2.42 bits per heavy atom. The zero-order valence-corrected chi connectivity index (χ0v) is 13.4. The van der Waals surface area contributed by atoms with Crippen molar-refractivity contribution in [1.29, 1.82) is 0 Å². The van der Waals surface area contributed by atoms with Gasteiger partial charge >= 0.3 is 5.97 Å². The van der Waals surface area contributed by atoms with Crippen molar-refractivity contribution in [3.8, 4) is 0 Å². The van der Waals surface area contributed by atoms with Crippen LogP contribution in [0.4, 0.5) is 0 Å². The Hall–Kier alpha value is -2.94. The average molecular weight is 315 g/mol. The van der Waals surface area contributed by atoms with Gasteiger partial charge in [0.05, 0.1) is 0 Å². The Kier molecular flexibility index (Phi) is 3.42. The van der Waals surface area contributed by atoms with Gasteiger partial charge < -0.3 is 4.74 Å². The molecule has 3 heteroatoms. The molecule has 4 rings (SSSR count). The van der Waals surface area contributed by atoms with Gasteiger partial charge in [-0.15, -0.1) is 0 Å². The fourth-order valence-electron chi connectivity index (χ4n) is 3.05. The third kappa shape index (κ3) is 2.58. The van der Waals surface area contributed by atoms with Gasteiger partial charge in [0.1, 0.15) is 0 Å². The predicted molar refractivity (Wildman–Crippen MR) is 95.1 cm³/mol. The molecule has 0 unspecified atom stereocenters. The summed E-state index contributed by atoms with van der Waals surface area (Å²) >= 11 is 0. The Morgan fingerprint density at radius 2 is 1.62 bits per heavy atom. The molecule has 0 amide bonds. The Balaban J connectivity index is 1.66. The maximum absolute atomic E-state index is 12.4. The number of rotatable bonds is 3. The van der Waals surface area contributed by atoms with Crippen molar-refractivity contribution in [3.05, 3.63) is 83.9 Å². The molecule has 0 saturated carbocycles. The van der Waals surface area contributed by atoms with E-state index in [-0.39, 0.29) is 5.97 Å². The fraction of sp³-hybridized carbons (Fsp3) is 0.143. The van der Waals surface area contributed by atoms with Gasteiger partial charge in [0.25, 0.3) is 0 Å². The maximum atomic E-state index is 12.4. The van der Waals surface area contributed by atoms with E-state index in [9.17, 15) is 4.79 Å². The first kappa shape index (κ1) is 14.6. The molecule has 0 fully saturated rings. The summed E-state index contributed by atoms with van der Waals surface area (Å²) in [7, 11) is 0. The maximum Gasteiger partial charge on any atom is 0.340 e. The molecule has 0 N–H and O–H groups in total. The van der Waals surface area contributed by atoms with Crippen LogP contribution in [0.2, 0.25) is 0 Å². The molecule has 0 saturated heterocycles. The van der Waals surface area contributed by atoms with Crippen LogP contribution < -0.4 is 0 Å². The molecular formula is C21H17NO2. The second kappa shape index (κ2) is 5.60. The SMILES string of the molecule is C[C@@]1(Cc2ccc3ccccc3c2)N=C(c2ccccc2)OC1=O. The molecule has 0 radical (unpaired) electrons. The zero-order valence-electron chi connectivity index (χ0n) is 13.4. The molecule has 1 atom stereocenters. The van der Waals surface area contributed by atoms with Crippen molar-refractivity contribution >= 4 is 22.6 Å². The number of hydrogen-bond donors (Lipinski definition) is 0. The van der Waals surface area contributed by atoms with Gasteiger partial charge in [-0.1, -0.05) is 60.7 Å². The lowest BCUT2D eigenvalue weighted by molar-refractivity contribution is -0.138. The summed E-state index contributed by atoms with van der Waals surface area (Å²) in [4.78, 5) is 17.0. The van der Waals surface area contributed by atoms with Crippen LogP contribution >= 0.6 is 0 Å². The van der Waals surface area contributed by atoms with Crippen molar-refractivity contribution in [1.82, 2.24) is 0 Å². The topological polar surface area (TPSA) is 38.7 Å². The number of nitrogens with zero attached hydrogens (tertiary/aromatic N) is 1. The van der Waals surface area contributed by atoms with E-state index in [2.05, 4.69) is 35.3 Å². The minimum atomic E-state index is -0.881. The zero-order chi connectivity index (χ0) is 16.6. The third-order valence-corrected chi connectivity index (χ3v) is 4.36. The van der Waals surface area contributed by atoms with Gasteiger partial charge in [-0.05, 0) is 35.4 Å². The number of esters is 1. The molecule has 1 aliphatic heterocycles. The number of carbonyl (C=O) groups is 1. The van der Waals surface area contributed by atoms with E-state index in [0.717, 1.165) is 16.5 Å². The van der Waals surface area contributed by atoms with Crippen LogP contribution in [0, 0.1) is 0 Å². The minimum absolute atomic E-state index is 0.297. The smallest absolute Gasteiger partial charge is 0.340 e. The number of hydrogen-bond acceptors (Lipinski definition) is 3. The fourth-order valence-corrected chi connectivity index (χ4v) is 3.05. The van der Waals surface area contributed by atoms with Crippen molar-refractivity contribution < 1.29 is 9.53 Å². The first-order chi connectivity index (χ1) is 11.6. The van der Waals surface area contributed by atoms with E-state index in [1.54, 1.807) is 0 Å². The summed E-state index contributed by atoms with van der Waals surface area (Å²) in [6.45, 7) is 1.83. The quantitative estimate of drug-likeness (QED) is 0.681. The van der Waals surface area contributed by atoms with Gasteiger partial charge in [-0.25, -0.2) is 9.79 Å². The summed E-state index contributed by atoms with van der Waals surface area (Å²) in [6.07, 6.45) is 0.521. The lowest BCUT2D eigenvalue weighted by Gasteiger charge is -2.16. The number of fused-ring (bicyclic) bond motifs is 1. The van der Waals surface area contributed by atoms with E-state index >= 15 is 0 Å². The number of carbonyl (C=O) groups excluding carboxylic acids is 1. The van der Waals surface area contributed by atoms with Crippen LogP contribution in [-0.4, -0.2) is 17.4 Å². The highest BCUT2D eigenvalue weighted by atomic mass is 16.6. The minimum Gasteiger partial charge on any atom is -0.405 e. The number of aliphatic imine (C=N–C) groups is 1. The van der Waals surface area contributed by atoms with Crippen LogP contribution in [0.5, 0.6) is 0 Å². The van der Waals surface area contributed by atoms with Crippen LogP contribution in [0.15, 0.2) is 77.8 Å².